The number of hydrogen-bond acceptors (Lipinski definition) is 3. The number of alkyl halides is 3. The molecule has 1 saturated carbocycles. The monoisotopic (exact) mass is 382 g/mol. The van der Waals surface area contributed by atoms with Gasteiger partial charge in [-0.2, -0.15) is 13.2 Å². The lowest BCUT2D eigenvalue weighted by atomic mass is 9.65. The Balaban J connectivity index is 1.61. The summed E-state index contributed by atoms with van der Waals surface area (Å²) in [5.41, 5.74) is 1.16. The van der Waals surface area contributed by atoms with Gasteiger partial charge in [0, 0.05) is 30.4 Å². The predicted molar refractivity (Wildman–Crippen MR) is 97.4 cm³/mol. The molecule has 0 bridgehead atoms. The maximum absolute atomic E-state index is 13.0. The van der Waals surface area contributed by atoms with E-state index in [1.807, 2.05) is 6.92 Å². The molecule has 1 aliphatic heterocycles. The number of nitroso groups, excluding NO2 is 1. The lowest BCUT2D eigenvalue weighted by Crippen LogP contribution is -2.42. The van der Waals surface area contributed by atoms with Crippen LogP contribution in [-0.2, 0) is 11.0 Å². The van der Waals surface area contributed by atoms with Crippen LogP contribution in [-0.4, -0.2) is 19.0 Å². The second-order valence-corrected chi connectivity index (χ2v) is 8.12. The lowest BCUT2D eigenvalue weighted by Gasteiger charge is -2.46. The first-order valence-electron chi connectivity index (χ1n) is 9.51. The van der Waals surface area contributed by atoms with Gasteiger partial charge in [0.05, 0.1) is 5.56 Å². The summed E-state index contributed by atoms with van der Waals surface area (Å²) < 4.78 is 39.1. The van der Waals surface area contributed by atoms with Crippen molar-refractivity contribution >= 4 is 11.6 Å². The van der Waals surface area contributed by atoms with Crippen LogP contribution in [0.1, 0.15) is 56.1 Å². The third-order valence-electron chi connectivity index (χ3n) is 6.43. The Morgan fingerprint density at radius 3 is 2.37 bits per heavy atom. The molecule has 2 fully saturated rings. The molecular formula is C20H25F3N2O2. The smallest absolute Gasteiger partial charge is 0.371 e. The fourth-order valence-electron chi connectivity index (χ4n) is 4.63. The summed E-state index contributed by atoms with van der Waals surface area (Å²) in [7, 11) is 0. The van der Waals surface area contributed by atoms with Crippen LogP contribution in [0, 0.1) is 23.2 Å². The molecule has 1 heterocycles. The molecule has 0 N–H and O–H groups in total. The van der Waals surface area contributed by atoms with Crippen molar-refractivity contribution in [2.45, 2.75) is 58.0 Å². The van der Waals surface area contributed by atoms with Crippen molar-refractivity contribution in [1.29, 1.82) is 0 Å². The number of halogens is 3. The van der Waals surface area contributed by atoms with Crippen LogP contribution in [0.4, 0.5) is 18.9 Å². The highest BCUT2D eigenvalue weighted by molar-refractivity contribution is 5.76. The molecule has 1 aromatic carbocycles. The van der Waals surface area contributed by atoms with Crippen LogP contribution >= 0.6 is 0 Å². The quantitative estimate of drug-likeness (QED) is 0.651. The van der Waals surface area contributed by atoms with E-state index in [0.717, 1.165) is 63.2 Å². The summed E-state index contributed by atoms with van der Waals surface area (Å²) in [5, 5.41) is 2.49. The van der Waals surface area contributed by atoms with Gasteiger partial charge in [-0.05, 0) is 74.5 Å². The lowest BCUT2D eigenvalue weighted by molar-refractivity contribution is -0.137. The standard InChI is InChI=1S/C20H25F3N2O2/c1-14-2-3-16(20(21,22)23)13-17(14)25-10-8-19(9-11-25)6-4-15(5-7-19)12-18(26)24-27/h2-3,13,15H,4-12H2,1H3. The molecule has 0 unspecified atom stereocenters. The van der Waals surface area contributed by atoms with Gasteiger partial charge in [0.15, 0.2) is 0 Å². The van der Waals surface area contributed by atoms with Gasteiger partial charge in [-0.15, -0.1) is 4.91 Å². The van der Waals surface area contributed by atoms with Crippen LogP contribution in [0.3, 0.4) is 0 Å². The minimum atomic E-state index is -4.33. The number of nitrogens with zero attached hydrogens (tertiary/aromatic N) is 2. The zero-order valence-corrected chi connectivity index (χ0v) is 15.5. The Morgan fingerprint density at radius 1 is 1.19 bits per heavy atom. The zero-order valence-electron chi connectivity index (χ0n) is 15.5. The molecule has 27 heavy (non-hydrogen) atoms. The van der Waals surface area contributed by atoms with E-state index < -0.39 is 17.6 Å². The highest BCUT2D eigenvalue weighted by Crippen LogP contribution is 2.48. The molecule has 0 radical (unpaired) electrons. The molecule has 1 saturated heterocycles. The first-order valence-corrected chi connectivity index (χ1v) is 9.51. The van der Waals surface area contributed by atoms with Crippen molar-refractivity contribution in [3.8, 4) is 0 Å². The Kier molecular flexibility index (Phi) is 5.58. The summed E-state index contributed by atoms with van der Waals surface area (Å²) in [6.45, 7) is 3.35. The summed E-state index contributed by atoms with van der Waals surface area (Å²) in [6, 6.07) is 3.95. The van der Waals surface area contributed by atoms with Crippen molar-refractivity contribution < 1.29 is 18.0 Å². The number of rotatable bonds is 3. The van der Waals surface area contributed by atoms with Gasteiger partial charge in [-0.3, -0.25) is 4.79 Å². The molecular weight excluding hydrogens is 357 g/mol. The topological polar surface area (TPSA) is 49.7 Å². The van der Waals surface area contributed by atoms with Crippen LogP contribution < -0.4 is 4.90 Å². The Morgan fingerprint density at radius 2 is 1.81 bits per heavy atom. The molecule has 1 spiro atoms. The first kappa shape index (κ1) is 19.8. The molecule has 0 aromatic heterocycles. The number of anilines is 1. The van der Waals surface area contributed by atoms with Crippen molar-refractivity contribution in [1.82, 2.24) is 0 Å². The van der Waals surface area contributed by atoms with Crippen LogP contribution in [0.25, 0.3) is 0 Å². The van der Waals surface area contributed by atoms with Crippen molar-refractivity contribution in [2.24, 2.45) is 16.5 Å². The summed E-state index contributed by atoms with van der Waals surface area (Å²) >= 11 is 0. The maximum atomic E-state index is 13.0. The highest BCUT2D eigenvalue weighted by atomic mass is 19.4. The average molecular weight is 382 g/mol. The van der Waals surface area contributed by atoms with E-state index in [1.54, 1.807) is 6.07 Å². The van der Waals surface area contributed by atoms with E-state index in [9.17, 15) is 22.9 Å². The normalized spacial score (nSPS) is 20.7. The van der Waals surface area contributed by atoms with Gasteiger partial charge < -0.3 is 4.90 Å². The molecule has 1 aliphatic carbocycles. The van der Waals surface area contributed by atoms with Crippen LogP contribution in [0.15, 0.2) is 23.4 Å². The highest BCUT2D eigenvalue weighted by Gasteiger charge is 2.39. The SMILES string of the molecule is Cc1ccc(C(F)(F)F)cc1N1CCC2(CCC(CC(=O)N=O)CC2)CC1. The second-order valence-electron chi connectivity index (χ2n) is 8.12. The fraction of sp³-hybridized carbons (Fsp3) is 0.650. The van der Waals surface area contributed by atoms with Crippen LogP contribution in [0.5, 0.6) is 0 Å². The third kappa shape index (κ3) is 4.50. The first-order chi connectivity index (χ1) is 12.7. The second kappa shape index (κ2) is 7.60. The van der Waals surface area contributed by atoms with E-state index in [0.29, 0.717) is 5.69 Å². The fourth-order valence-corrected chi connectivity index (χ4v) is 4.63. The van der Waals surface area contributed by atoms with Crippen molar-refractivity contribution in [2.75, 3.05) is 18.0 Å². The van der Waals surface area contributed by atoms with Crippen molar-refractivity contribution in [3.63, 3.8) is 0 Å². The van der Waals surface area contributed by atoms with Gasteiger partial charge in [-0.25, -0.2) is 0 Å². The minimum Gasteiger partial charge on any atom is -0.371 e. The number of piperidine rings is 1. The van der Waals surface area contributed by atoms with Gasteiger partial charge in [0.2, 0.25) is 0 Å². The molecule has 7 heteroatoms. The predicted octanol–water partition coefficient (Wildman–Crippen LogP) is 5.47. The molecule has 148 valence electrons. The number of aryl methyl sites for hydroxylation is 1. The summed E-state index contributed by atoms with van der Waals surface area (Å²) in [4.78, 5) is 23.6. The van der Waals surface area contributed by atoms with E-state index >= 15 is 0 Å². The third-order valence-corrected chi connectivity index (χ3v) is 6.43. The van der Waals surface area contributed by atoms with Crippen LogP contribution in [0.2, 0.25) is 0 Å². The summed E-state index contributed by atoms with van der Waals surface area (Å²) in [5.74, 6) is -0.324. The van der Waals surface area contributed by atoms with Gasteiger partial charge in [-0.1, -0.05) is 6.07 Å². The van der Waals surface area contributed by atoms with E-state index in [1.165, 1.54) is 6.07 Å². The van der Waals surface area contributed by atoms with Crippen molar-refractivity contribution in [3.05, 3.63) is 34.2 Å². The maximum Gasteiger partial charge on any atom is 0.416 e. The number of carbonyl (C=O) groups is 1. The molecule has 2 aliphatic rings. The summed E-state index contributed by atoms with van der Waals surface area (Å²) in [6.07, 6.45) is 1.69. The number of hydrogen-bond donors (Lipinski definition) is 0. The number of benzene rings is 1. The Hall–Kier alpha value is -1.92. The van der Waals surface area contributed by atoms with E-state index in [-0.39, 0.29) is 17.8 Å². The molecule has 1 aromatic rings. The average Bonchev–Trinajstić information content (AvgIpc) is 2.64. The number of carbonyl (C=O) groups excluding carboxylic acids is 1. The number of amides is 1. The molecule has 4 nitrogen and oxygen atoms in total. The molecule has 1 amide bonds. The van der Waals surface area contributed by atoms with E-state index in [2.05, 4.69) is 10.1 Å². The van der Waals surface area contributed by atoms with Gasteiger partial charge >= 0.3 is 6.18 Å². The van der Waals surface area contributed by atoms with E-state index in [4.69, 9.17) is 0 Å². The molecule has 0 atom stereocenters. The van der Waals surface area contributed by atoms with Gasteiger partial charge in [0.1, 0.15) is 0 Å². The Labute approximate surface area is 157 Å². The molecule has 3 rings (SSSR count). The van der Waals surface area contributed by atoms with Gasteiger partial charge in [0.25, 0.3) is 5.91 Å². The minimum absolute atomic E-state index is 0.222. The zero-order chi connectivity index (χ0) is 19.7. The Bertz CT molecular complexity index is 700. The largest absolute Gasteiger partial charge is 0.416 e.